The molecule has 0 amide bonds. The van der Waals surface area contributed by atoms with E-state index in [0.717, 1.165) is 62.1 Å². The van der Waals surface area contributed by atoms with Gasteiger partial charge in [-0.25, -0.2) is 0 Å². The van der Waals surface area contributed by atoms with Gasteiger partial charge in [0.1, 0.15) is 23.0 Å². The minimum Gasteiger partial charge on any atom is -0.458 e. The normalized spacial score (nSPS) is 12.9. The molecule has 0 bridgehead atoms. The van der Waals surface area contributed by atoms with Crippen molar-refractivity contribution in [2.75, 3.05) is 4.90 Å². The van der Waals surface area contributed by atoms with Crippen molar-refractivity contribution in [3.05, 3.63) is 162 Å². The van der Waals surface area contributed by atoms with Gasteiger partial charge < -0.3 is 18.9 Å². The molecular weight excluding hydrogens is 719 g/mol. The summed E-state index contributed by atoms with van der Waals surface area (Å²) < 4.78 is 16.1. The van der Waals surface area contributed by atoms with Crippen molar-refractivity contribution in [2.45, 2.75) is 79.1 Å². The predicted octanol–water partition coefficient (Wildman–Crippen LogP) is 13.5. The maximum absolute atomic E-state index is 6.83. The van der Waals surface area contributed by atoms with Crippen LogP contribution < -0.4 is 30.8 Å². The van der Waals surface area contributed by atoms with Crippen LogP contribution in [0.2, 0.25) is 0 Å². The molecule has 59 heavy (non-hydrogen) atoms. The van der Waals surface area contributed by atoms with E-state index in [1.54, 1.807) is 0 Å². The lowest BCUT2D eigenvalue weighted by Crippen LogP contribution is -2.57. The number of hydrogen-bond acceptors (Lipinski definition) is 3. The van der Waals surface area contributed by atoms with Gasteiger partial charge in [0.05, 0.1) is 11.0 Å². The zero-order valence-corrected chi connectivity index (χ0v) is 35.4. The second kappa shape index (κ2) is 14.3. The predicted molar refractivity (Wildman–Crippen MR) is 250 cm³/mol. The first-order chi connectivity index (χ1) is 28.5. The van der Waals surface area contributed by atoms with Crippen LogP contribution in [0.15, 0.2) is 140 Å². The highest BCUT2D eigenvalue weighted by Crippen LogP contribution is 2.42. The van der Waals surface area contributed by atoms with Gasteiger partial charge in [-0.3, -0.25) is 0 Å². The third kappa shape index (κ3) is 6.21. The largest absolute Gasteiger partial charge is 0.458 e. The Bertz CT molecular complexity index is 2790. The van der Waals surface area contributed by atoms with Gasteiger partial charge in [-0.1, -0.05) is 110 Å². The van der Waals surface area contributed by atoms with Crippen LogP contribution in [0.3, 0.4) is 0 Å². The van der Waals surface area contributed by atoms with Crippen LogP contribution in [-0.4, -0.2) is 11.3 Å². The van der Waals surface area contributed by atoms with Gasteiger partial charge in [0.2, 0.25) is 0 Å². The molecule has 2 aliphatic heterocycles. The van der Waals surface area contributed by atoms with E-state index in [9.17, 15) is 0 Å². The first-order valence-corrected chi connectivity index (χ1v) is 21.4. The number of fused-ring (bicyclic) bond motifs is 7. The summed E-state index contributed by atoms with van der Waals surface area (Å²) in [5, 5.41) is 2.58. The van der Waals surface area contributed by atoms with E-state index in [1.165, 1.54) is 44.1 Å². The highest BCUT2D eigenvalue weighted by Gasteiger charge is 2.40. The Hall–Kier alpha value is -6.20. The quantitative estimate of drug-likeness (QED) is 0.144. The lowest BCUT2D eigenvalue weighted by molar-refractivity contribution is 0.464. The van der Waals surface area contributed by atoms with Gasteiger partial charge in [0.25, 0.3) is 6.71 Å². The molecule has 292 valence electrons. The van der Waals surface area contributed by atoms with E-state index >= 15 is 0 Å². The smallest absolute Gasteiger partial charge is 0.260 e. The van der Waals surface area contributed by atoms with Crippen LogP contribution in [0, 0.1) is 0 Å². The summed E-state index contributed by atoms with van der Waals surface area (Å²) in [6.45, 7) is 18.0. The Kier molecular flexibility index (Phi) is 8.97. The molecule has 7 aromatic carbocycles. The first-order valence-electron chi connectivity index (χ1n) is 21.4. The summed E-state index contributed by atoms with van der Waals surface area (Å²) in [5.74, 6) is 5.23. The fraction of sp³-hybridized carbons (Fsp3) is 0.222. The number of aromatic nitrogens is 1. The van der Waals surface area contributed by atoms with E-state index in [4.69, 9.17) is 9.47 Å². The highest BCUT2D eigenvalue weighted by molar-refractivity contribution is 6.98. The van der Waals surface area contributed by atoms with Crippen molar-refractivity contribution >= 4 is 62.0 Å². The number of anilines is 3. The van der Waals surface area contributed by atoms with Gasteiger partial charge in [0, 0.05) is 51.1 Å². The van der Waals surface area contributed by atoms with Crippen LogP contribution >= 0.6 is 0 Å². The fourth-order valence-electron chi connectivity index (χ4n) is 9.20. The zero-order valence-electron chi connectivity index (χ0n) is 35.4. The molecule has 0 saturated carbocycles. The van der Waals surface area contributed by atoms with Gasteiger partial charge in [-0.2, -0.15) is 0 Å². The van der Waals surface area contributed by atoms with Gasteiger partial charge >= 0.3 is 0 Å². The standard InChI is InChI=1S/C54H51BN2O2/c1-32(2)36-12-18-40(19-13-36)56(41-20-14-37(15-21-41)33(3)4)42-22-24-46-52(30-42)58-50-10-9-11-51-54(50)55(46)47-25-23-43(31-53(47)59-51)57-48-26-16-38(34(5)6)28-44(48)45-29-39(35(7)8)17-27-49(45)57/h9-35H,1-8H3. The Morgan fingerprint density at radius 1 is 0.424 bits per heavy atom. The second-order valence-electron chi connectivity index (χ2n) is 17.8. The monoisotopic (exact) mass is 770 g/mol. The number of benzene rings is 7. The van der Waals surface area contributed by atoms with E-state index in [0.29, 0.717) is 23.7 Å². The Labute approximate surface area is 349 Å². The summed E-state index contributed by atoms with van der Waals surface area (Å²) in [5.41, 5.74) is 15.5. The fourth-order valence-corrected chi connectivity index (χ4v) is 9.20. The molecule has 0 unspecified atom stereocenters. The molecule has 3 heterocycles. The van der Waals surface area contributed by atoms with E-state index in [-0.39, 0.29) is 6.71 Å². The molecule has 0 fully saturated rings. The van der Waals surface area contributed by atoms with E-state index in [2.05, 4.69) is 198 Å². The summed E-state index contributed by atoms with van der Waals surface area (Å²) in [7, 11) is 0. The van der Waals surface area contributed by atoms with Gasteiger partial charge in [-0.15, -0.1) is 0 Å². The number of nitrogens with zero attached hydrogens (tertiary/aromatic N) is 2. The van der Waals surface area contributed by atoms with Crippen LogP contribution in [0.5, 0.6) is 23.0 Å². The number of ether oxygens (including phenoxy) is 2. The number of rotatable bonds is 8. The molecule has 2 aliphatic rings. The molecule has 5 heteroatoms. The summed E-state index contributed by atoms with van der Waals surface area (Å²) >= 11 is 0. The second-order valence-corrected chi connectivity index (χ2v) is 17.8. The lowest BCUT2D eigenvalue weighted by Gasteiger charge is -2.34. The molecule has 0 saturated heterocycles. The molecule has 0 atom stereocenters. The highest BCUT2D eigenvalue weighted by atomic mass is 16.5. The minimum absolute atomic E-state index is 0.0405. The Balaban J connectivity index is 1.10. The van der Waals surface area contributed by atoms with Crippen molar-refractivity contribution in [1.82, 2.24) is 4.57 Å². The first kappa shape index (κ1) is 37.1. The molecule has 1 aromatic heterocycles. The molecular formula is C54H51BN2O2. The van der Waals surface area contributed by atoms with Crippen molar-refractivity contribution in [3.8, 4) is 28.7 Å². The molecule has 0 aliphatic carbocycles. The molecule has 10 rings (SSSR count). The van der Waals surface area contributed by atoms with Crippen molar-refractivity contribution in [2.24, 2.45) is 0 Å². The van der Waals surface area contributed by atoms with Crippen LogP contribution in [0.1, 0.15) is 101 Å². The topological polar surface area (TPSA) is 26.6 Å². The summed E-state index contributed by atoms with van der Waals surface area (Å²) in [4.78, 5) is 2.34. The van der Waals surface area contributed by atoms with Gasteiger partial charge in [0.15, 0.2) is 0 Å². The van der Waals surface area contributed by atoms with E-state index < -0.39 is 0 Å². The van der Waals surface area contributed by atoms with Crippen molar-refractivity contribution in [1.29, 1.82) is 0 Å². The number of hydrogen-bond donors (Lipinski definition) is 0. The summed E-state index contributed by atoms with van der Waals surface area (Å²) in [6.07, 6.45) is 0. The minimum atomic E-state index is -0.0405. The average Bonchev–Trinajstić information content (AvgIpc) is 3.56. The lowest BCUT2D eigenvalue weighted by atomic mass is 9.35. The SMILES string of the molecule is CC(C)c1ccc(N(c2ccc(C(C)C)cc2)c2ccc3c(c2)Oc2cccc4c2B3c2ccc(-n3c5ccc(C(C)C)cc5c5cc(C(C)C)ccc53)cc2O4)cc1. The maximum Gasteiger partial charge on any atom is 0.260 e. The molecule has 8 aromatic rings. The Morgan fingerprint density at radius 3 is 1.36 bits per heavy atom. The van der Waals surface area contributed by atoms with Crippen LogP contribution in [0.25, 0.3) is 27.5 Å². The van der Waals surface area contributed by atoms with Crippen molar-refractivity contribution < 1.29 is 9.47 Å². The zero-order chi connectivity index (χ0) is 40.7. The third-order valence-electron chi connectivity index (χ3n) is 12.7. The molecule has 4 nitrogen and oxygen atoms in total. The average molecular weight is 771 g/mol. The van der Waals surface area contributed by atoms with Crippen molar-refractivity contribution in [3.63, 3.8) is 0 Å². The third-order valence-corrected chi connectivity index (χ3v) is 12.7. The molecule has 0 N–H and O–H groups in total. The maximum atomic E-state index is 6.83. The van der Waals surface area contributed by atoms with Gasteiger partial charge in [-0.05, 0) is 130 Å². The van der Waals surface area contributed by atoms with Crippen LogP contribution in [0.4, 0.5) is 17.1 Å². The van der Waals surface area contributed by atoms with E-state index in [1.807, 2.05) is 6.07 Å². The van der Waals surface area contributed by atoms with Crippen LogP contribution in [-0.2, 0) is 0 Å². The summed E-state index contributed by atoms with van der Waals surface area (Å²) in [6, 6.07) is 51.6. The Morgan fingerprint density at radius 2 is 0.864 bits per heavy atom. The molecule has 0 radical (unpaired) electrons. The molecule has 0 spiro atoms.